The Labute approximate surface area is 218 Å². The molecule has 0 saturated carbocycles. The van der Waals surface area contributed by atoms with Crippen molar-refractivity contribution in [1.82, 2.24) is 20.5 Å². The maximum Gasteiger partial charge on any atom is 0.253 e. The Morgan fingerprint density at radius 2 is 1.78 bits per heavy atom. The van der Waals surface area contributed by atoms with Crippen molar-refractivity contribution in [2.45, 2.75) is 76.0 Å². The Kier molecular flexibility index (Phi) is 6.53. The predicted molar refractivity (Wildman–Crippen MR) is 142 cm³/mol. The summed E-state index contributed by atoms with van der Waals surface area (Å²) >= 11 is 0. The van der Waals surface area contributed by atoms with E-state index in [0.717, 1.165) is 75.2 Å². The SMILES string of the molecule is Cc1c(C(=O)N[C@H]2C[C@H]3CC[C@@H](C2)N3c2ccc(C(=O)N[C@H]3CCCN(C)C3)cn2)ccc2c1OCC2. The monoisotopic (exact) mass is 503 g/mol. The van der Waals surface area contributed by atoms with Gasteiger partial charge in [0, 0.05) is 54.5 Å². The molecular weight excluding hydrogens is 466 g/mol. The average Bonchev–Trinajstić information content (AvgIpc) is 3.47. The molecule has 37 heavy (non-hydrogen) atoms. The highest BCUT2D eigenvalue weighted by Gasteiger charge is 2.42. The first kappa shape index (κ1) is 24.2. The first-order valence-corrected chi connectivity index (χ1v) is 13.8. The van der Waals surface area contributed by atoms with Gasteiger partial charge in [-0.15, -0.1) is 0 Å². The summed E-state index contributed by atoms with van der Waals surface area (Å²) in [4.78, 5) is 35.3. The van der Waals surface area contributed by atoms with Gasteiger partial charge >= 0.3 is 0 Å². The van der Waals surface area contributed by atoms with E-state index in [2.05, 4.69) is 27.5 Å². The van der Waals surface area contributed by atoms with E-state index in [-0.39, 0.29) is 23.9 Å². The van der Waals surface area contributed by atoms with Crippen molar-refractivity contribution in [3.63, 3.8) is 0 Å². The van der Waals surface area contributed by atoms with Crippen molar-refractivity contribution < 1.29 is 14.3 Å². The van der Waals surface area contributed by atoms with Crippen LogP contribution < -0.4 is 20.3 Å². The lowest BCUT2D eigenvalue weighted by molar-refractivity contribution is 0.0908. The standard InChI is InChI=1S/C29H37N5O3/c1-18-25(9-5-19-11-13-37-27(18)19)29(36)32-22-14-23-7-8-24(15-22)34(23)26-10-6-20(16-30-26)28(35)31-21-4-3-12-33(2)17-21/h5-6,9-10,16,21-24H,3-4,7-8,11-15,17H2,1-2H3,(H,31,35)(H,32,36)/t21-,22-,23+,24-/m0/s1. The minimum Gasteiger partial charge on any atom is -0.493 e. The summed E-state index contributed by atoms with van der Waals surface area (Å²) in [5, 5.41) is 6.48. The van der Waals surface area contributed by atoms with Crippen LogP contribution >= 0.6 is 0 Å². The van der Waals surface area contributed by atoms with Crippen LogP contribution in [0.25, 0.3) is 0 Å². The van der Waals surface area contributed by atoms with Crippen LogP contribution in [0.5, 0.6) is 5.75 Å². The number of likely N-dealkylation sites (tertiary alicyclic amines) is 1. The van der Waals surface area contributed by atoms with Crippen molar-refractivity contribution in [1.29, 1.82) is 0 Å². The minimum absolute atomic E-state index is 0.00806. The number of likely N-dealkylation sites (N-methyl/N-ethyl adjacent to an activating group) is 1. The molecule has 0 radical (unpaired) electrons. The molecule has 2 aromatic rings. The molecule has 0 aliphatic carbocycles. The van der Waals surface area contributed by atoms with Crippen LogP contribution in [0.3, 0.4) is 0 Å². The summed E-state index contributed by atoms with van der Waals surface area (Å²) in [6, 6.07) is 8.89. The largest absolute Gasteiger partial charge is 0.493 e. The van der Waals surface area contributed by atoms with E-state index in [1.807, 2.05) is 31.2 Å². The number of hydrogen-bond acceptors (Lipinski definition) is 6. The van der Waals surface area contributed by atoms with Gasteiger partial charge in [-0.25, -0.2) is 4.98 Å². The first-order valence-electron chi connectivity index (χ1n) is 13.8. The van der Waals surface area contributed by atoms with E-state index in [1.165, 1.54) is 5.56 Å². The van der Waals surface area contributed by atoms with E-state index in [0.29, 0.717) is 29.8 Å². The number of carbonyl (C=O) groups is 2. The molecule has 4 aliphatic rings. The van der Waals surface area contributed by atoms with Gasteiger partial charge in [-0.05, 0) is 82.8 Å². The number of carbonyl (C=O) groups excluding carboxylic acids is 2. The maximum absolute atomic E-state index is 13.1. The van der Waals surface area contributed by atoms with Gasteiger partial charge in [-0.1, -0.05) is 6.07 Å². The quantitative estimate of drug-likeness (QED) is 0.652. The highest BCUT2D eigenvalue weighted by Crippen LogP contribution is 2.39. The Balaban J connectivity index is 1.08. The number of piperidine rings is 2. The molecule has 6 rings (SSSR count). The van der Waals surface area contributed by atoms with Gasteiger partial charge < -0.3 is 25.2 Å². The topological polar surface area (TPSA) is 86.8 Å². The summed E-state index contributed by atoms with van der Waals surface area (Å²) in [7, 11) is 2.10. The van der Waals surface area contributed by atoms with E-state index in [1.54, 1.807) is 6.20 Å². The average molecular weight is 504 g/mol. The normalized spacial score (nSPS) is 26.9. The Bertz CT molecular complexity index is 1170. The lowest BCUT2D eigenvalue weighted by atomic mass is 9.96. The highest BCUT2D eigenvalue weighted by molar-refractivity contribution is 5.97. The van der Waals surface area contributed by atoms with Gasteiger partial charge in [0.15, 0.2) is 0 Å². The van der Waals surface area contributed by atoms with Gasteiger partial charge in [0.2, 0.25) is 0 Å². The highest BCUT2D eigenvalue weighted by atomic mass is 16.5. The smallest absolute Gasteiger partial charge is 0.253 e. The number of ether oxygens (including phenoxy) is 1. The van der Waals surface area contributed by atoms with E-state index in [4.69, 9.17) is 9.72 Å². The van der Waals surface area contributed by atoms with Gasteiger partial charge in [0.05, 0.1) is 12.2 Å². The fraction of sp³-hybridized carbons (Fsp3) is 0.552. The molecule has 5 heterocycles. The number of pyridine rings is 1. The van der Waals surface area contributed by atoms with Crippen molar-refractivity contribution in [2.75, 3.05) is 31.6 Å². The Morgan fingerprint density at radius 1 is 1.00 bits per heavy atom. The van der Waals surface area contributed by atoms with Crippen LogP contribution in [-0.4, -0.2) is 72.6 Å². The Morgan fingerprint density at radius 3 is 2.51 bits per heavy atom. The third-order valence-electron chi connectivity index (χ3n) is 8.65. The molecule has 1 aromatic carbocycles. The number of nitrogens with zero attached hydrogens (tertiary/aromatic N) is 3. The second-order valence-corrected chi connectivity index (χ2v) is 11.2. The third-order valence-corrected chi connectivity index (χ3v) is 8.65. The van der Waals surface area contributed by atoms with Crippen LogP contribution in [0.4, 0.5) is 5.82 Å². The van der Waals surface area contributed by atoms with Crippen LogP contribution in [0.15, 0.2) is 30.5 Å². The number of aromatic nitrogens is 1. The molecule has 1 aromatic heterocycles. The summed E-state index contributed by atoms with van der Waals surface area (Å²) in [5.74, 6) is 1.76. The zero-order valence-corrected chi connectivity index (χ0v) is 21.8. The molecule has 8 heteroatoms. The number of fused-ring (bicyclic) bond motifs is 3. The molecule has 3 fully saturated rings. The van der Waals surface area contributed by atoms with Gasteiger partial charge in [-0.3, -0.25) is 9.59 Å². The molecule has 3 saturated heterocycles. The van der Waals surface area contributed by atoms with Crippen LogP contribution in [0.2, 0.25) is 0 Å². The predicted octanol–water partition coefficient (Wildman–Crippen LogP) is 3.08. The number of benzene rings is 1. The molecule has 2 bridgehead atoms. The summed E-state index contributed by atoms with van der Waals surface area (Å²) in [6.45, 7) is 4.66. The number of nitrogens with one attached hydrogen (secondary N) is 2. The van der Waals surface area contributed by atoms with Gasteiger partial charge in [0.1, 0.15) is 11.6 Å². The Hall–Kier alpha value is -3.13. The molecule has 0 unspecified atom stereocenters. The molecule has 2 amide bonds. The summed E-state index contributed by atoms with van der Waals surface area (Å²) in [6.07, 6.45) is 8.77. The molecule has 2 N–H and O–H groups in total. The van der Waals surface area contributed by atoms with Crippen molar-refractivity contribution in [3.05, 3.63) is 52.7 Å². The molecule has 196 valence electrons. The second kappa shape index (κ2) is 9.97. The zero-order valence-electron chi connectivity index (χ0n) is 21.8. The molecule has 8 nitrogen and oxygen atoms in total. The maximum atomic E-state index is 13.1. The van der Waals surface area contributed by atoms with E-state index >= 15 is 0 Å². The number of rotatable bonds is 5. The number of hydrogen-bond donors (Lipinski definition) is 2. The van der Waals surface area contributed by atoms with Gasteiger partial charge in [-0.2, -0.15) is 0 Å². The molecule has 4 aliphatic heterocycles. The van der Waals surface area contributed by atoms with Crippen molar-refractivity contribution in [2.24, 2.45) is 0 Å². The second-order valence-electron chi connectivity index (χ2n) is 11.2. The lowest BCUT2D eigenvalue weighted by Crippen LogP contribution is -2.51. The molecule has 4 atom stereocenters. The first-order chi connectivity index (χ1) is 18.0. The van der Waals surface area contributed by atoms with E-state index in [9.17, 15) is 9.59 Å². The number of amides is 2. The van der Waals surface area contributed by atoms with Gasteiger partial charge in [0.25, 0.3) is 11.8 Å². The van der Waals surface area contributed by atoms with Crippen molar-refractivity contribution >= 4 is 17.6 Å². The van der Waals surface area contributed by atoms with Crippen molar-refractivity contribution in [3.8, 4) is 5.75 Å². The number of anilines is 1. The summed E-state index contributed by atoms with van der Waals surface area (Å²) < 4.78 is 5.76. The fourth-order valence-corrected chi connectivity index (χ4v) is 6.81. The summed E-state index contributed by atoms with van der Waals surface area (Å²) in [5.41, 5.74) is 3.46. The minimum atomic E-state index is -0.0454. The van der Waals surface area contributed by atoms with E-state index < -0.39 is 0 Å². The van der Waals surface area contributed by atoms with Crippen LogP contribution in [-0.2, 0) is 6.42 Å². The third kappa shape index (κ3) is 4.79. The zero-order chi connectivity index (χ0) is 25.5. The van der Waals surface area contributed by atoms with Crippen LogP contribution in [0, 0.1) is 6.92 Å². The fourth-order valence-electron chi connectivity index (χ4n) is 6.81. The molecule has 0 spiro atoms. The molecular formula is C29H37N5O3. The lowest BCUT2D eigenvalue weighted by Gasteiger charge is -2.40. The van der Waals surface area contributed by atoms with Crippen LogP contribution in [0.1, 0.15) is 70.4 Å².